The Morgan fingerprint density at radius 3 is 2.43 bits per heavy atom. The smallest absolute Gasteiger partial charge is 0.293 e. The summed E-state index contributed by atoms with van der Waals surface area (Å²) in [5.74, 6) is 0.181. The third-order valence-electron chi connectivity index (χ3n) is 3.19. The van der Waals surface area contributed by atoms with E-state index >= 15 is 0 Å². The quantitative estimate of drug-likeness (QED) is 0.771. The number of nitrogens with two attached hydrogens (primary N) is 1. The zero-order valence-electron chi connectivity index (χ0n) is 11.2. The van der Waals surface area contributed by atoms with Gasteiger partial charge in [0.2, 0.25) is 21.0 Å². The molecule has 2 aromatic rings. The Balaban J connectivity index is 1.86. The maximum atomic E-state index is 12.4. The van der Waals surface area contributed by atoms with Crippen LogP contribution in [-0.2, 0) is 14.8 Å². The van der Waals surface area contributed by atoms with Crippen LogP contribution >= 0.6 is 0 Å². The summed E-state index contributed by atoms with van der Waals surface area (Å²) in [7, 11) is -3.48. The van der Waals surface area contributed by atoms with Crippen molar-refractivity contribution in [1.82, 2.24) is 9.58 Å². The second-order valence-corrected chi connectivity index (χ2v) is 6.50. The van der Waals surface area contributed by atoms with Crippen molar-refractivity contribution in [2.75, 3.05) is 32.0 Å². The van der Waals surface area contributed by atoms with Gasteiger partial charge in [-0.05, 0) is 16.8 Å². The molecule has 3 rings (SSSR count). The summed E-state index contributed by atoms with van der Waals surface area (Å²) in [4.78, 5) is 0.241. The Morgan fingerprint density at radius 2 is 1.86 bits per heavy atom. The van der Waals surface area contributed by atoms with Crippen molar-refractivity contribution in [1.29, 1.82) is 0 Å². The van der Waals surface area contributed by atoms with Crippen LogP contribution in [0, 0.1) is 0 Å². The van der Waals surface area contributed by atoms with Gasteiger partial charge in [0.1, 0.15) is 0 Å². The molecule has 9 heteroatoms. The molecule has 0 bridgehead atoms. The van der Waals surface area contributed by atoms with Gasteiger partial charge < -0.3 is 10.5 Å². The van der Waals surface area contributed by atoms with Crippen LogP contribution in [0.2, 0.25) is 0 Å². The predicted octanol–water partition coefficient (Wildman–Crippen LogP) is -0.446. The fourth-order valence-electron chi connectivity index (χ4n) is 2.09. The number of benzene rings is 1. The van der Waals surface area contributed by atoms with E-state index < -0.39 is 10.0 Å². The maximum absolute atomic E-state index is 12.4. The minimum Gasteiger partial charge on any atom is -0.379 e. The summed E-state index contributed by atoms with van der Waals surface area (Å²) < 4.78 is 37.7. The molecule has 1 saturated heterocycles. The van der Waals surface area contributed by atoms with E-state index in [4.69, 9.17) is 15.0 Å². The van der Waals surface area contributed by atoms with Crippen LogP contribution in [0.3, 0.4) is 0 Å². The molecule has 1 fully saturated rings. The Kier molecular flexibility index (Phi) is 3.62. The molecule has 0 unspecified atom stereocenters. The molecule has 0 saturated carbocycles. The molecule has 0 radical (unpaired) electrons. The van der Waals surface area contributed by atoms with Crippen LogP contribution in [0.4, 0.5) is 5.88 Å². The lowest BCUT2D eigenvalue weighted by Crippen LogP contribution is -2.40. The topological polar surface area (TPSA) is 103 Å². The molecule has 1 aliphatic heterocycles. The highest BCUT2D eigenvalue weighted by Gasteiger charge is 2.26. The molecular weight excluding hydrogens is 296 g/mol. The van der Waals surface area contributed by atoms with Gasteiger partial charge in [0, 0.05) is 25.2 Å². The lowest BCUT2D eigenvalue weighted by atomic mass is 10.3. The number of ether oxygens (including phenoxy) is 1. The van der Waals surface area contributed by atoms with E-state index in [1.807, 2.05) is 0 Å². The second-order valence-electron chi connectivity index (χ2n) is 4.56. The summed E-state index contributed by atoms with van der Waals surface area (Å²) in [6.07, 6.45) is 1.51. The number of rotatable bonds is 3. The largest absolute Gasteiger partial charge is 0.379 e. The van der Waals surface area contributed by atoms with Gasteiger partial charge in [0.05, 0.1) is 18.1 Å². The SMILES string of the molecule is Nc1c[n+](-c2ccc(S(=O)(=O)N3CCOCC3)cc2)no1. The highest BCUT2D eigenvalue weighted by molar-refractivity contribution is 7.89. The van der Waals surface area contributed by atoms with Crippen LogP contribution in [0.15, 0.2) is 39.9 Å². The molecule has 0 aliphatic carbocycles. The molecule has 21 heavy (non-hydrogen) atoms. The van der Waals surface area contributed by atoms with Gasteiger partial charge in [-0.25, -0.2) is 8.42 Å². The average Bonchev–Trinajstić information content (AvgIpc) is 2.95. The normalized spacial score (nSPS) is 17.0. The predicted molar refractivity (Wildman–Crippen MR) is 72.0 cm³/mol. The molecule has 0 atom stereocenters. The first-order chi connectivity index (χ1) is 10.1. The van der Waals surface area contributed by atoms with E-state index in [0.717, 1.165) is 0 Å². The number of nitrogens with zero attached hydrogens (tertiary/aromatic N) is 3. The molecule has 1 aliphatic rings. The Labute approximate surface area is 121 Å². The van der Waals surface area contributed by atoms with Crippen molar-refractivity contribution < 1.29 is 22.4 Å². The Morgan fingerprint density at radius 1 is 1.19 bits per heavy atom. The molecule has 2 N–H and O–H groups in total. The summed E-state index contributed by atoms with van der Waals surface area (Å²) in [6.45, 7) is 1.59. The first-order valence-electron chi connectivity index (χ1n) is 6.40. The summed E-state index contributed by atoms with van der Waals surface area (Å²) >= 11 is 0. The van der Waals surface area contributed by atoms with Crippen LogP contribution in [0.25, 0.3) is 5.69 Å². The third kappa shape index (κ3) is 2.75. The van der Waals surface area contributed by atoms with Crippen LogP contribution < -0.4 is 10.4 Å². The van der Waals surface area contributed by atoms with Crippen molar-refractivity contribution >= 4 is 15.9 Å². The van der Waals surface area contributed by atoms with Crippen LogP contribution in [-0.4, -0.2) is 44.3 Å². The zero-order chi connectivity index (χ0) is 14.9. The number of nitrogen functional groups attached to an aromatic ring is 1. The first-order valence-corrected chi connectivity index (χ1v) is 7.84. The summed E-state index contributed by atoms with van der Waals surface area (Å²) in [5.41, 5.74) is 6.11. The van der Waals surface area contributed by atoms with Gasteiger partial charge in [-0.15, -0.1) is 0 Å². The van der Waals surface area contributed by atoms with Crippen molar-refractivity contribution in [3.8, 4) is 5.69 Å². The van der Waals surface area contributed by atoms with Gasteiger partial charge in [0.15, 0.2) is 0 Å². The second kappa shape index (κ2) is 5.43. The van der Waals surface area contributed by atoms with E-state index in [2.05, 4.69) is 5.27 Å². The standard InChI is InChI=1S/C12H15N4O4S/c13-12-9-16(14-20-12)10-1-3-11(4-2-10)21(17,18)15-5-7-19-8-6-15/h1-4,9H,5-8,13H2/q+1. The van der Waals surface area contributed by atoms with Crippen LogP contribution in [0.5, 0.6) is 0 Å². The number of hydrogen-bond acceptors (Lipinski definition) is 6. The van der Waals surface area contributed by atoms with Crippen molar-refractivity contribution in [3.05, 3.63) is 30.5 Å². The summed E-state index contributed by atoms with van der Waals surface area (Å²) in [5, 5.41) is 3.71. The first kappa shape index (κ1) is 14.0. The van der Waals surface area contributed by atoms with Crippen molar-refractivity contribution in [2.24, 2.45) is 0 Å². The van der Waals surface area contributed by atoms with Gasteiger partial charge in [-0.2, -0.15) is 4.31 Å². The van der Waals surface area contributed by atoms with Crippen molar-refractivity contribution in [3.63, 3.8) is 0 Å². The van der Waals surface area contributed by atoms with Gasteiger partial charge in [-0.3, -0.25) is 4.52 Å². The van der Waals surface area contributed by atoms with E-state index in [-0.39, 0.29) is 10.8 Å². The maximum Gasteiger partial charge on any atom is 0.293 e. The van der Waals surface area contributed by atoms with Gasteiger partial charge >= 0.3 is 0 Å². The molecular formula is C12H15N4O4S+. The number of anilines is 1. The third-order valence-corrected chi connectivity index (χ3v) is 5.11. The van der Waals surface area contributed by atoms with E-state index in [9.17, 15) is 8.42 Å². The summed E-state index contributed by atoms with van der Waals surface area (Å²) in [6, 6.07) is 6.38. The van der Waals surface area contributed by atoms with E-state index in [1.165, 1.54) is 27.3 Å². The highest BCUT2D eigenvalue weighted by atomic mass is 32.2. The molecule has 1 aromatic heterocycles. The Bertz CT molecular complexity index is 720. The molecule has 2 heterocycles. The van der Waals surface area contributed by atoms with E-state index in [0.29, 0.717) is 32.0 Å². The zero-order valence-corrected chi connectivity index (χ0v) is 12.0. The number of hydrogen-bond donors (Lipinski definition) is 1. The molecule has 1 aromatic carbocycles. The minimum absolute atomic E-state index is 0.181. The average molecular weight is 311 g/mol. The fraction of sp³-hybridized carbons (Fsp3) is 0.333. The fourth-order valence-corrected chi connectivity index (χ4v) is 3.50. The Hall–Kier alpha value is -1.97. The van der Waals surface area contributed by atoms with Gasteiger partial charge in [0.25, 0.3) is 12.1 Å². The van der Waals surface area contributed by atoms with Crippen molar-refractivity contribution in [2.45, 2.75) is 4.90 Å². The highest BCUT2D eigenvalue weighted by Crippen LogP contribution is 2.17. The monoisotopic (exact) mass is 311 g/mol. The molecule has 112 valence electrons. The molecule has 0 spiro atoms. The lowest BCUT2D eigenvalue weighted by molar-refractivity contribution is -0.670. The lowest BCUT2D eigenvalue weighted by Gasteiger charge is -2.25. The number of morpholine rings is 1. The number of aromatic nitrogens is 2. The van der Waals surface area contributed by atoms with Gasteiger partial charge in [-0.1, -0.05) is 0 Å². The minimum atomic E-state index is -3.48. The number of sulfonamides is 1. The molecule has 0 amide bonds. The van der Waals surface area contributed by atoms with Crippen LogP contribution in [0.1, 0.15) is 0 Å². The van der Waals surface area contributed by atoms with E-state index in [1.54, 1.807) is 12.1 Å². The molecule has 8 nitrogen and oxygen atoms in total.